The third-order valence-corrected chi connectivity index (χ3v) is 6.69. The molecule has 1 N–H and O–H groups in total. The number of hydrogen-bond acceptors (Lipinski definition) is 4. The summed E-state index contributed by atoms with van der Waals surface area (Å²) >= 11 is 0. The Kier molecular flexibility index (Phi) is 5.71. The molecule has 2 heterocycles. The molecule has 7 heteroatoms. The molecule has 2 aliphatic heterocycles. The minimum Gasteiger partial charge on any atom is -0.336 e. The SMILES string of the molecule is C[C@@H]1CCCN([C@H](C)CNC(=O)N(C)[C@@H]2CCS(=O)(=O)C2)C1. The summed E-state index contributed by atoms with van der Waals surface area (Å²) in [6.07, 6.45) is 3.05. The molecule has 0 aromatic heterocycles. The summed E-state index contributed by atoms with van der Waals surface area (Å²) < 4.78 is 23.0. The van der Waals surface area contributed by atoms with Gasteiger partial charge in [0.15, 0.2) is 9.84 Å². The molecule has 0 bridgehead atoms. The maximum Gasteiger partial charge on any atom is 0.317 e. The van der Waals surface area contributed by atoms with Crippen molar-refractivity contribution in [2.45, 2.75) is 45.2 Å². The van der Waals surface area contributed by atoms with Gasteiger partial charge in [-0.2, -0.15) is 0 Å². The molecule has 22 heavy (non-hydrogen) atoms. The van der Waals surface area contributed by atoms with Crippen molar-refractivity contribution in [3.8, 4) is 0 Å². The van der Waals surface area contributed by atoms with Crippen molar-refractivity contribution in [3.63, 3.8) is 0 Å². The molecule has 0 unspecified atom stereocenters. The van der Waals surface area contributed by atoms with E-state index in [9.17, 15) is 13.2 Å². The van der Waals surface area contributed by atoms with Gasteiger partial charge < -0.3 is 10.2 Å². The summed E-state index contributed by atoms with van der Waals surface area (Å²) in [5.74, 6) is 1.01. The van der Waals surface area contributed by atoms with E-state index in [-0.39, 0.29) is 23.6 Å². The second kappa shape index (κ2) is 7.17. The Balaban J connectivity index is 1.77. The maximum absolute atomic E-state index is 12.2. The second-order valence-corrected chi connectivity index (χ2v) is 9.17. The lowest BCUT2D eigenvalue weighted by Gasteiger charge is -2.36. The van der Waals surface area contributed by atoms with Gasteiger partial charge >= 0.3 is 6.03 Å². The van der Waals surface area contributed by atoms with Crippen LogP contribution in [0.25, 0.3) is 0 Å². The fourth-order valence-electron chi connectivity index (χ4n) is 3.36. The lowest BCUT2D eigenvalue weighted by Crippen LogP contribution is -2.50. The van der Waals surface area contributed by atoms with Gasteiger partial charge in [-0.15, -0.1) is 0 Å². The van der Waals surface area contributed by atoms with E-state index in [1.165, 1.54) is 12.8 Å². The number of piperidine rings is 1. The fourth-order valence-corrected chi connectivity index (χ4v) is 5.14. The predicted octanol–water partition coefficient (Wildman–Crippen LogP) is 0.935. The number of urea groups is 1. The van der Waals surface area contributed by atoms with Crippen LogP contribution >= 0.6 is 0 Å². The highest BCUT2D eigenvalue weighted by atomic mass is 32.2. The zero-order chi connectivity index (χ0) is 16.3. The number of sulfone groups is 1. The van der Waals surface area contributed by atoms with Crippen molar-refractivity contribution in [3.05, 3.63) is 0 Å². The molecular weight excluding hydrogens is 302 g/mol. The normalized spacial score (nSPS) is 30.0. The molecule has 6 nitrogen and oxygen atoms in total. The molecule has 2 rings (SSSR count). The summed E-state index contributed by atoms with van der Waals surface area (Å²) in [5.41, 5.74) is 0. The highest BCUT2D eigenvalue weighted by Gasteiger charge is 2.33. The first kappa shape index (κ1) is 17.5. The predicted molar refractivity (Wildman–Crippen MR) is 87.7 cm³/mol. The van der Waals surface area contributed by atoms with E-state index in [4.69, 9.17) is 0 Å². The molecule has 0 aromatic carbocycles. The van der Waals surface area contributed by atoms with Gasteiger partial charge in [-0.1, -0.05) is 6.92 Å². The summed E-state index contributed by atoms with van der Waals surface area (Å²) in [7, 11) is -1.27. The highest BCUT2D eigenvalue weighted by molar-refractivity contribution is 7.91. The number of carbonyl (C=O) groups is 1. The van der Waals surface area contributed by atoms with Crippen LogP contribution in [0, 0.1) is 5.92 Å². The van der Waals surface area contributed by atoms with Crippen LogP contribution in [-0.2, 0) is 9.84 Å². The van der Waals surface area contributed by atoms with Crippen LogP contribution in [0.15, 0.2) is 0 Å². The number of likely N-dealkylation sites (tertiary alicyclic amines) is 1. The Labute approximate surface area is 134 Å². The molecule has 3 atom stereocenters. The molecule has 2 fully saturated rings. The van der Waals surface area contributed by atoms with E-state index in [1.807, 2.05) is 0 Å². The largest absolute Gasteiger partial charge is 0.336 e. The van der Waals surface area contributed by atoms with Gasteiger partial charge in [-0.3, -0.25) is 4.90 Å². The van der Waals surface area contributed by atoms with E-state index >= 15 is 0 Å². The van der Waals surface area contributed by atoms with Crippen molar-refractivity contribution in [2.24, 2.45) is 5.92 Å². The van der Waals surface area contributed by atoms with Gasteiger partial charge in [-0.25, -0.2) is 13.2 Å². The zero-order valence-corrected chi connectivity index (χ0v) is 14.7. The summed E-state index contributed by atoms with van der Waals surface area (Å²) in [6.45, 7) is 7.20. The quantitative estimate of drug-likeness (QED) is 0.832. The number of amides is 2. The molecule has 0 aromatic rings. The van der Waals surface area contributed by atoms with Crippen LogP contribution in [0.2, 0.25) is 0 Å². The van der Waals surface area contributed by atoms with Crippen molar-refractivity contribution in [2.75, 3.05) is 38.2 Å². The Morgan fingerprint density at radius 2 is 2.14 bits per heavy atom. The van der Waals surface area contributed by atoms with Crippen LogP contribution in [0.1, 0.15) is 33.1 Å². The van der Waals surface area contributed by atoms with Crippen molar-refractivity contribution < 1.29 is 13.2 Å². The third-order valence-electron chi connectivity index (χ3n) is 4.94. The Morgan fingerprint density at radius 1 is 1.41 bits per heavy atom. The van der Waals surface area contributed by atoms with Crippen molar-refractivity contribution >= 4 is 15.9 Å². The topological polar surface area (TPSA) is 69.7 Å². The highest BCUT2D eigenvalue weighted by Crippen LogP contribution is 2.18. The summed E-state index contributed by atoms with van der Waals surface area (Å²) in [5, 5.41) is 2.95. The zero-order valence-electron chi connectivity index (χ0n) is 13.9. The maximum atomic E-state index is 12.2. The molecule has 128 valence electrons. The molecule has 2 amide bonds. The molecular formula is C15H29N3O3S. The van der Waals surface area contributed by atoms with Crippen LogP contribution in [0.4, 0.5) is 4.79 Å². The van der Waals surface area contributed by atoms with Gasteiger partial charge in [0.1, 0.15) is 0 Å². The Bertz CT molecular complexity index is 494. The van der Waals surface area contributed by atoms with E-state index in [1.54, 1.807) is 11.9 Å². The first-order valence-corrected chi connectivity index (χ1v) is 10.1. The average molecular weight is 331 g/mol. The third kappa shape index (κ3) is 4.59. The van der Waals surface area contributed by atoms with Crippen LogP contribution in [0.3, 0.4) is 0 Å². The molecule has 0 radical (unpaired) electrons. The van der Waals surface area contributed by atoms with Gasteiger partial charge in [0, 0.05) is 32.2 Å². The molecule has 0 spiro atoms. The summed E-state index contributed by atoms with van der Waals surface area (Å²) in [6, 6.07) is -0.0401. The lowest BCUT2D eigenvalue weighted by molar-refractivity contribution is 0.134. The Morgan fingerprint density at radius 3 is 2.73 bits per heavy atom. The van der Waals surface area contributed by atoms with Crippen LogP contribution in [0.5, 0.6) is 0 Å². The van der Waals surface area contributed by atoms with E-state index in [2.05, 4.69) is 24.1 Å². The molecule has 0 aliphatic carbocycles. The first-order valence-electron chi connectivity index (χ1n) is 8.23. The summed E-state index contributed by atoms with van der Waals surface area (Å²) in [4.78, 5) is 16.2. The average Bonchev–Trinajstić information content (AvgIpc) is 2.83. The second-order valence-electron chi connectivity index (χ2n) is 6.95. The number of nitrogens with zero attached hydrogens (tertiary/aromatic N) is 2. The number of rotatable bonds is 4. The van der Waals surface area contributed by atoms with Gasteiger partial charge in [0.25, 0.3) is 0 Å². The van der Waals surface area contributed by atoms with Gasteiger partial charge in [0.2, 0.25) is 0 Å². The lowest BCUT2D eigenvalue weighted by atomic mass is 9.99. The minimum absolute atomic E-state index is 0.0934. The minimum atomic E-state index is -2.96. The van der Waals surface area contributed by atoms with E-state index in [0.717, 1.165) is 19.0 Å². The van der Waals surface area contributed by atoms with E-state index in [0.29, 0.717) is 19.0 Å². The first-order chi connectivity index (χ1) is 10.3. The van der Waals surface area contributed by atoms with Crippen molar-refractivity contribution in [1.29, 1.82) is 0 Å². The fraction of sp³-hybridized carbons (Fsp3) is 0.933. The number of nitrogens with one attached hydrogen (secondary N) is 1. The molecule has 2 saturated heterocycles. The number of hydrogen-bond donors (Lipinski definition) is 1. The smallest absolute Gasteiger partial charge is 0.317 e. The molecule has 2 aliphatic rings. The van der Waals surface area contributed by atoms with Gasteiger partial charge in [0.05, 0.1) is 11.5 Å². The Hall–Kier alpha value is -0.820. The van der Waals surface area contributed by atoms with Gasteiger partial charge in [-0.05, 0) is 38.6 Å². The molecule has 0 saturated carbocycles. The van der Waals surface area contributed by atoms with Crippen LogP contribution in [-0.4, -0.2) is 74.5 Å². The van der Waals surface area contributed by atoms with Crippen molar-refractivity contribution in [1.82, 2.24) is 15.1 Å². The standard InChI is InChI=1S/C15H29N3O3S/c1-12-5-4-7-18(10-12)13(2)9-16-15(19)17(3)14-6-8-22(20,21)11-14/h12-14H,4-11H2,1-3H3,(H,16,19)/t12-,13-,14-/m1/s1. The van der Waals surface area contributed by atoms with E-state index < -0.39 is 9.84 Å². The number of carbonyl (C=O) groups excluding carboxylic acids is 1. The monoisotopic (exact) mass is 331 g/mol. The van der Waals surface area contributed by atoms with Crippen LogP contribution < -0.4 is 5.32 Å².